The molecule has 88 valence electrons. The van der Waals surface area contributed by atoms with Gasteiger partial charge in [-0.1, -0.05) is 30.7 Å². The molecule has 1 aromatic rings. The van der Waals surface area contributed by atoms with E-state index in [-0.39, 0.29) is 0 Å². The molecule has 1 N–H and O–H groups in total. The van der Waals surface area contributed by atoms with Crippen molar-refractivity contribution in [3.05, 3.63) is 34.9 Å². The highest BCUT2D eigenvalue weighted by molar-refractivity contribution is 5.31. The normalized spacial score (nSPS) is 25.7. The molecule has 2 atom stereocenters. The molecule has 1 nitrogen and oxygen atoms in total. The molecule has 0 radical (unpaired) electrons. The van der Waals surface area contributed by atoms with Crippen LogP contribution >= 0.6 is 0 Å². The monoisotopic (exact) mass is 217 g/mol. The number of rotatable bonds is 2. The van der Waals surface area contributed by atoms with E-state index in [1.807, 2.05) is 0 Å². The molecular formula is C15H23N. The molecule has 0 saturated carbocycles. The van der Waals surface area contributed by atoms with Crippen molar-refractivity contribution in [2.24, 2.45) is 5.92 Å². The molecule has 1 aromatic carbocycles. The molecule has 1 heterocycles. The van der Waals surface area contributed by atoms with Crippen LogP contribution in [-0.4, -0.2) is 12.6 Å². The lowest BCUT2D eigenvalue weighted by atomic mass is 9.91. The van der Waals surface area contributed by atoms with Crippen molar-refractivity contribution in [3.8, 4) is 0 Å². The van der Waals surface area contributed by atoms with Gasteiger partial charge in [-0.05, 0) is 56.7 Å². The number of piperidine rings is 1. The molecule has 0 amide bonds. The predicted molar refractivity (Wildman–Crippen MR) is 69.8 cm³/mol. The summed E-state index contributed by atoms with van der Waals surface area (Å²) in [4.78, 5) is 0. The zero-order chi connectivity index (χ0) is 11.5. The smallest absolute Gasteiger partial charge is 0.0108 e. The first-order valence-corrected chi connectivity index (χ1v) is 6.44. The Morgan fingerprint density at radius 2 is 2.06 bits per heavy atom. The molecule has 1 saturated heterocycles. The van der Waals surface area contributed by atoms with E-state index in [9.17, 15) is 0 Å². The molecule has 0 aliphatic carbocycles. The average Bonchev–Trinajstić information content (AvgIpc) is 2.27. The van der Waals surface area contributed by atoms with E-state index in [1.165, 1.54) is 42.5 Å². The van der Waals surface area contributed by atoms with Gasteiger partial charge in [0.15, 0.2) is 0 Å². The second kappa shape index (κ2) is 5.01. The second-order valence-electron chi connectivity index (χ2n) is 5.42. The molecular weight excluding hydrogens is 194 g/mol. The van der Waals surface area contributed by atoms with Gasteiger partial charge in [0.25, 0.3) is 0 Å². The summed E-state index contributed by atoms with van der Waals surface area (Å²) >= 11 is 0. The van der Waals surface area contributed by atoms with Crippen molar-refractivity contribution in [1.82, 2.24) is 5.32 Å². The molecule has 1 heteroatoms. The molecule has 0 bridgehead atoms. The zero-order valence-corrected chi connectivity index (χ0v) is 10.7. The molecule has 16 heavy (non-hydrogen) atoms. The number of nitrogens with one attached hydrogen (secondary N) is 1. The van der Waals surface area contributed by atoms with Gasteiger partial charge in [-0.3, -0.25) is 0 Å². The SMILES string of the molecule is Cc1ccc(C)c(CC2CCC(C)CN2)c1. The van der Waals surface area contributed by atoms with Crippen LogP contribution in [0.15, 0.2) is 18.2 Å². The van der Waals surface area contributed by atoms with Crippen LogP contribution in [0.3, 0.4) is 0 Å². The van der Waals surface area contributed by atoms with Crippen LogP contribution in [0.25, 0.3) is 0 Å². The third-order valence-corrected chi connectivity index (χ3v) is 3.73. The van der Waals surface area contributed by atoms with E-state index in [0.717, 1.165) is 5.92 Å². The van der Waals surface area contributed by atoms with Crippen molar-refractivity contribution in [1.29, 1.82) is 0 Å². The summed E-state index contributed by atoms with van der Waals surface area (Å²) in [5.41, 5.74) is 4.34. The number of hydrogen-bond acceptors (Lipinski definition) is 1. The standard InChI is InChI=1S/C15H23N/c1-11-4-6-13(3)14(8-11)9-15-7-5-12(2)10-16-15/h4,6,8,12,15-16H,5,7,9-10H2,1-3H3. The van der Waals surface area contributed by atoms with Crippen molar-refractivity contribution in [2.75, 3.05) is 6.54 Å². The van der Waals surface area contributed by atoms with E-state index in [2.05, 4.69) is 44.3 Å². The summed E-state index contributed by atoms with van der Waals surface area (Å²) in [7, 11) is 0. The van der Waals surface area contributed by atoms with Crippen LogP contribution in [0.4, 0.5) is 0 Å². The van der Waals surface area contributed by atoms with E-state index in [4.69, 9.17) is 0 Å². The molecule has 1 fully saturated rings. The lowest BCUT2D eigenvalue weighted by molar-refractivity contribution is 0.326. The van der Waals surface area contributed by atoms with E-state index in [0.29, 0.717) is 6.04 Å². The Kier molecular flexibility index (Phi) is 3.65. The van der Waals surface area contributed by atoms with Crippen LogP contribution in [0.1, 0.15) is 36.5 Å². The minimum Gasteiger partial charge on any atom is -0.313 e. The van der Waals surface area contributed by atoms with Gasteiger partial charge in [0, 0.05) is 6.04 Å². The van der Waals surface area contributed by atoms with Gasteiger partial charge < -0.3 is 5.32 Å². The van der Waals surface area contributed by atoms with Gasteiger partial charge >= 0.3 is 0 Å². The Balaban J connectivity index is 2.00. The van der Waals surface area contributed by atoms with Gasteiger partial charge in [-0.15, -0.1) is 0 Å². The van der Waals surface area contributed by atoms with Gasteiger partial charge in [0.2, 0.25) is 0 Å². The summed E-state index contributed by atoms with van der Waals surface area (Å²) < 4.78 is 0. The lowest BCUT2D eigenvalue weighted by Crippen LogP contribution is -2.39. The largest absolute Gasteiger partial charge is 0.313 e. The third kappa shape index (κ3) is 2.85. The predicted octanol–water partition coefficient (Wildman–Crippen LogP) is 3.23. The maximum Gasteiger partial charge on any atom is 0.0108 e. The number of aryl methyl sites for hydroxylation is 2. The minimum atomic E-state index is 0.691. The first-order valence-electron chi connectivity index (χ1n) is 6.44. The van der Waals surface area contributed by atoms with Crippen molar-refractivity contribution in [2.45, 2.75) is 46.1 Å². The van der Waals surface area contributed by atoms with Crippen molar-refractivity contribution < 1.29 is 0 Å². The fourth-order valence-electron chi connectivity index (χ4n) is 2.52. The molecule has 1 aliphatic heterocycles. The Bertz CT molecular complexity index is 348. The van der Waals surface area contributed by atoms with E-state index < -0.39 is 0 Å². The van der Waals surface area contributed by atoms with Crippen LogP contribution in [-0.2, 0) is 6.42 Å². The maximum atomic E-state index is 3.66. The Morgan fingerprint density at radius 3 is 2.75 bits per heavy atom. The van der Waals surface area contributed by atoms with E-state index in [1.54, 1.807) is 0 Å². The summed E-state index contributed by atoms with van der Waals surface area (Å²) in [6, 6.07) is 7.48. The fraction of sp³-hybridized carbons (Fsp3) is 0.600. The third-order valence-electron chi connectivity index (χ3n) is 3.73. The highest BCUT2D eigenvalue weighted by Crippen LogP contribution is 2.19. The molecule has 1 aliphatic rings. The van der Waals surface area contributed by atoms with E-state index >= 15 is 0 Å². The van der Waals surface area contributed by atoms with Crippen LogP contribution < -0.4 is 5.32 Å². The lowest BCUT2D eigenvalue weighted by Gasteiger charge is -2.28. The van der Waals surface area contributed by atoms with Crippen molar-refractivity contribution in [3.63, 3.8) is 0 Å². The molecule has 2 unspecified atom stereocenters. The first kappa shape index (κ1) is 11.7. The van der Waals surface area contributed by atoms with Crippen LogP contribution in [0.5, 0.6) is 0 Å². The van der Waals surface area contributed by atoms with Gasteiger partial charge in [0.1, 0.15) is 0 Å². The molecule has 0 aromatic heterocycles. The zero-order valence-electron chi connectivity index (χ0n) is 10.7. The van der Waals surface area contributed by atoms with Gasteiger partial charge in [-0.2, -0.15) is 0 Å². The summed E-state index contributed by atoms with van der Waals surface area (Å²) in [5.74, 6) is 0.856. The number of hydrogen-bond donors (Lipinski definition) is 1. The quantitative estimate of drug-likeness (QED) is 0.802. The topological polar surface area (TPSA) is 12.0 Å². The Labute approximate surface area is 99.3 Å². The van der Waals surface area contributed by atoms with Gasteiger partial charge in [0.05, 0.1) is 0 Å². The second-order valence-corrected chi connectivity index (χ2v) is 5.42. The summed E-state index contributed by atoms with van der Waals surface area (Å²) in [6.07, 6.45) is 3.90. The Morgan fingerprint density at radius 1 is 1.25 bits per heavy atom. The van der Waals surface area contributed by atoms with Gasteiger partial charge in [-0.25, -0.2) is 0 Å². The fourth-order valence-corrected chi connectivity index (χ4v) is 2.52. The Hall–Kier alpha value is -0.820. The molecule has 0 spiro atoms. The summed E-state index contributed by atoms with van der Waals surface area (Å²) in [5, 5.41) is 3.66. The van der Waals surface area contributed by atoms with Crippen LogP contribution in [0.2, 0.25) is 0 Å². The number of benzene rings is 1. The highest BCUT2D eigenvalue weighted by Gasteiger charge is 2.18. The average molecular weight is 217 g/mol. The summed E-state index contributed by atoms with van der Waals surface area (Å²) in [6.45, 7) is 7.93. The van der Waals surface area contributed by atoms with Crippen LogP contribution in [0, 0.1) is 19.8 Å². The maximum absolute atomic E-state index is 3.66. The van der Waals surface area contributed by atoms with Crippen molar-refractivity contribution >= 4 is 0 Å². The first-order chi connectivity index (χ1) is 7.65. The highest BCUT2D eigenvalue weighted by atomic mass is 14.9. The minimum absolute atomic E-state index is 0.691. The molecule has 2 rings (SSSR count).